The molecule has 0 aliphatic carbocycles. The highest BCUT2D eigenvalue weighted by molar-refractivity contribution is 7.92. The van der Waals surface area contributed by atoms with Crippen LogP contribution in [0.2, 0.25) is 5.02 Å². The largest absolute Gasteiger partial charge is 0.481 e. The zero-order chi connectivity index (χ0) is 17.6. The summed E-state index contributed by atoms with van der Waals surface area (Å²) >= 11 is 5.78. The van der Waals surface area contributed by atoms with E-state index >= 15 is 0 Å². The van der Waals surface area contributed by atoms with E-state index in [1.54, 1.807) is 38.1 Å². The van der Waals surface area contributed by atoms with Gasteiger partial charge in [0, 0.05) is 5.02 Å². The molecule has 128 valence electrons. The number of benzene rings is 1. The quantitative estimate of drug-likeness (QED) is 0.738. The molecule has 0 aliphatic heterocycles. The van der Waals surface area contributed by atoms with Crippen LogP contribution in [-0.4, -0.2) is 36.9 Å². The second kappa shape index (κ2) is 8.31. The minimum absolute atomic E-state index is 0.0844. The number of hydrogen-bond acceptors (Lipinski definition) is 4. The van der Waals surface area contributed by atoms with Crippen LogP contribution in [-0.2, 0) is 19.4 Å². The number of rotatable bonds is 8. The molecule has 1 amide bonds. The molecular formula is C15H20ClNO5S. The second-order valence-corrected chi connectivity index (χ2v) is 8.26. The number of aliphatic carboxylic acids is 1. The lowest BCUT2D eigenvalue weighted by Gasteiger charge is -2.18. The first kappa shape index (κ1) is 19.4. The molecule has 0 radical (unpaired) electrons. The number of hydrogen-bond donors (Lipinski definition) is 2. The third-order valence-corrected chi connectivity index (χ3v) is 5.05. The number of nitrogens with one attached hydrogen (secondary N) is 1. The summed E-state index contributed by atoms with van der Waals surface area (Å²) in [6.45, 7) is 3.49. The van der Waals surface area contributed by atoms with Crippen LogP contribution in [0, 0.1) is 5.92 Å². The van der Waals surface area contributed by atoms with Crippen molar-refractivity contribution in [3.05, 3.63) is 34.9 Å². The molecule has 0 saturated heterocycles. The molecule has 0 aliphatic rings. The predicted molar refractivity (Wildman–Crippen MR) is 88.1 cm³/mol. The Balaban J connectivity index is 2.83. The number of carbonyl (C=O) groups is 2. The van der Waals surface area contributed by atoms with E-state index in [2.05, 4.69) is 5.32 Å². The Morgan fingerprint density at radius 2 is 1.78 bits per heavy atom. The van der Waals surface area contributed by atoms with Gasteiger partial charge >= 0.3 is 5.97 Å². The number of carbonyl (C=O) groups excluding carboxylic acids is 1. The standard InChI is InChI=1S/C15H20ClNO5S/c1-10(2)8-23(21,22)9-14(18)17-13(7-15(19)20)11-3-5-12(16)6-4-11/h3-6,10,13H,7-9H2,1-2H3,(H,17,18)(H,19,20)/t13-/m0/s1. The van der Waals surface area contributed by atoms with Crippen molar-refractivity contribution < 1.29 is 23.1 Å². The first-order valence-electron chi connectivity index (χ1n) is 7.06. The van der Waals surface area contributed by atoms with Gasteiger partial charge in [0.15, 0.2) is 9.84 Å². The lowest BCUT2D eigenvalue weighted by molar-refractivity contribution is -0.137. The van der Waals surface area contributed by atoms with Gasteiger partial charge in [0.1, 0.15) is 5.75 Å². The van der Waals surface area contributed by atoms with Gasteiger partial charge in [0.2, 0.25) is 5.91 Å². The van der Waals surface area contributed by atoms with Crippen molar-refractivity contribution in [1.82, 2.24) is 5.32 Å². The molecule has 0 unspecified atom stereocenters. The molecule has 1 rings (SSSR count). The average molecular weight is 362 g/mol. The molecule has 2 N–H and O–H groups in total. The van der Waals surface area contributed by atoms with E-state index in [-0.39, 0.29) is 18.1 Å². The minimum atomic E-state index is -3.52. The molecule has 0 bridgehead atoms. The topological polar surface area (TPSA) is 101 Å². The summed E-state index contributed by atoms with van der Waals surface area (Å²) in [4.78, 5) is 22.9. The van der Waals surface area contributed by atoms with Crippen molar-refractivity contribution >= 4 is 33.3 Å². The molecule has 1 aromatic carbocycles. The fourth-order valence-electron chi connectivity index (χ4n) is 2.12. The van der Waals surface area contributed by atoms with Gasteiger partial charge in [-0.1, -0.05) is 37.6 Å². The summed E-state index contributed by atoms with van der Waals surface area (Å²) < 4.78 is 23.7. The zero-order valence-electron chi connectivity index (χ0n) is 13.0. The fraction of sp³-hybridized carbons (Fsp3) is 0.467. The third-order valence-electron chi connectivity index (χ3n) is 2.92. The Hall–Kier alpha value is -1.60. The Kier molecular flexibility index (Phi) is 7.02. The van der Waals surface area contributed by atoms with Crippen molar-refractivity contribution in [1.29, 1.82) is 0 Å². The van der Waals surface area contributed by atoms with E-state index in [1.165, 1.54) is 0 Å². The van der Waals surface area contributed by atoms with Crippen LogP contribution in [0.5, 0.6) is 0 Å². The van der Waals surface area contributed by atoms with Gasteiger partial charge in [-0.05, 0) is 23.6 Å². The van der Waals surface area contributed by atoms with Gasteiger partial charge in [-0.2, -0.15) is 0 Å². The minimum Gasteiger partial charge on any atom is -0.481 e. The zero-order valence-corrected chi connectivity index (χ0v) is 14.5. The van der Waals surface area contributed by atoms with E-state index in [9.17, 15) is 18.0 Å². The van der Waals surface area contributed by atoms with E-state index in [1.807, 2.05) is 0 Å². The first-order chi connectivity index (χ1) is 10.6. The predicted octanol–water partition coefficient (Wildman–Crippen LogP) is 2.04. The van der Waals surface area contributed by atoms with Crippen LogP contribution < -0.4 is 5.32 Å². The van der Waals surface area contributed by atoms with Crippen LogP contribution in [0.3, 0.4) is 0 Å². The highest BCUT2D eigenvalue weighted by Crippen LogP contribution is 2.19. The highest BCUT2D eigenvalue weighted by atomic mass is 35.5. The van der Waals surface area contributed by atoms with Crippen LogP contribution in [0.15, 0.2) is 24.3 Å². The Morgan fingerprint density at radius 1 is 1.22 bits per heavy atom. The SMILES string of the molecule is CC(C)CS(=O)(=O)CC(=O)N[C@@H](CC(=O)O)c1ccc(Cl)cc1. The van der Waals surface area contributed by atoms with Crippen molar-refractivity contribution in [2.45, 2.75) is 26.3 Å². The molecule has 0 aromatic heterocycles. The monoisotopic (exact) mass is 361 g/mol. The van der Waals surface area contributed by atoms with Crippen LogP contribution in [0.25, 0.3) is 0 Å². The first-order valence-corrected chi connectivity index (χ1v) is 9.26. The maximum Gasteiger partial charge on any atom is 0.305 e. The van der Waals surface area contributed by atoms with E-state index in [4.69, 9.17) is 16.7 Å². The molecule has 0 saturated carbocycles. The second-order valence-electron chi connectivity index (χ2n) is 5.72. The normalized spacial score (nSPS) is 12.9. The summed E-state index contributed by atoms with van der Waals surface area (Å²) in [6.07, 6.45) is -0.350. The van der Waals surface area contributed by atoms with E-state index < -0.39 is 33.5 Å². The number of carboxylic acids is 1. The Labute approximate surface area is 140 Å². The Bertz CT molecular complexity index is 655. The lowest BCUT2D eigenvalue weighted by Crippen LogP contribution is -2.35. The number of halogens is 1. The molecule has 1 aromatic rings. The molecular weight excluding hydrogens is 342 g/mol. The molecule has 1 atom stereocenters. The fourth-order valence-corrected chi connectivity index (χ4v) is 3.87. The maximum absolute atomic E-state index is 12.0. The van der Waals surface area contributed by atoms with Crippen molar-refractivity contribution in [2.24, 2.45) is 5.92 Å². The smallest absolute Gasteiger partial charge is 0.305 e. The van der Waals surface area contributed by atoms with Gasteiger partial charge in [-0.15, -0.1) is 0 Å². The summed E-state index contributed by atoms with van der Waals surface area (Å²) in [5.41, 5.74) is 0.548. The number of sulfone groups is 1. The number of amides is 1. The average Bonchev–Trinajstić information content (AvgIpc) is 2.35. The van der Waals surface area contributed by atoms with E-state index in [0.717, 1.165) is 0 Å². The maximum atomic E-state index is 12.0. The van der Waals surface area contributed by atoms with Crippen LogP contribution in [0.4, 0.5) is 0 Å². The third kappa shape index (κ3) is 7.47. The van der Waals surface area contributed by atoms with Crippen LogP contribution in [0.1, 0.15) is 31.9 Å². The number of carboxylic acid groups (broad SMARTS) is 1. The Morgan fingerprint density at radius 3 is 2.26 bits per heavy atom. The highest BCUT2D eigenvalue weighted by Gasteiger charge is 2.23. The summed E-state index contributed by atoms with van der Waals surface area (Å²) in [5.74, 6) is -2.65. The lowest BCUT2D eigenvalue weighted by atomic mass is 10.0. The van der Waals surface area contributed by atoms with Crippen molar-refractivity contribution in [3.8, 4) is 0 Å². The van der Waals surface area contributed by atoms with Gasteiger partial charge < -0.3 is 10.4 Å². The summed E-state index contributed by atoms with van der Waals surface area (Å²) in [6, 6.07) is 5.53. The van der Waals surface area contributed by atoms with E-state index in [0.29, 0.717) is 10.6 Å². The van der Waals surface area contributed by atoms with Crippen molar-refractivity contribution in [2.75, 3.05) is 11.5 Å². The molecule has 23 heavy (non-hydrogen) atoms. The molecule has 8 heteroatoms. The molecule has 6 nitrogen and oxygen atoms in total. The molecule has 0 spiro atoms. The van der Waals surface area contributed by atoms with Gasteiger partial charge in [0.25, 0.3) is 0 Å². The van der Waals surface area contributed by atoms with Crippen molar-refractivity contribution in [3.63, 3.8) is 0 Å². The van der Waals surface area contributed by atoms with Gasteiger partial charge in [-0.25, -0.2) is 8.42 Å². The summed E-state index contributed by atoms with van der Waals surface area (Å²) in [7, 11) is -3.52. The molecule has 0 heterocycles. The van der Waals surface area contributed by atoms with Crippen LogP contribution >= 0.6 is 11.6 Å². The summed E-state index contributed by atoms with van der Waals surface area (Å²) in [5, 5.41) is 11.9. The van der Waals surface area contributed by atoms with Gasteiger partial charge in [-0.3, -0.25) is 9.59 Å². The van der Waals surface area contributed by atoms with Gasteiger partial charge in [0.05, 0.1) is 18.2 Å². The molecule has 0 fully saturated rings.